The van der Waals surface area contributed by atoms with Gasteiger partial charge in [-0.25, -0.2) is 9.78 Å². The van der Waals surface area contributed by atoms with E-state index in [1.165, 1.54) is 18.4 Å². The number of thiazole rings is 1. The Kier molecular flexibility index (Phi) is 3.72. The molecule has 17 heavy (non-hydrogen) atoms. The van der Waals surface area contributed by atoms with Crippen LogP contribution in [0.15, 0.2) is 35.8 Å². The highest BCUT2D eigenvalue weighted by Crippen LogP contribution is 2.21. The molecule has 1 aromatic carbocycles. The molecule has 1 N–H and O–H groups in total. The molecule has 1 aromatic heterocycles. The first kappa shape index (κ1) is 11.6. The molecule has 1 heterocycles. The molecule has 0 aliphatic carbocycles. The maximum absolute atomic E-state index is 11.4. The number of anilines is 1. The third-order valence-electron chi connectivity index (χ3n) is 2.24. The van der Waals surface area contributed by atoms with Crippen LogP contribution in [0.4, 0.5) is 5.00 Å². The van der Waals surface area contributed by atoms with E-state index in [1.807, 2.05) is 30.3 Å². The smallest absolute Gasteiger partial charge is 0.359 e. The lowest BCUT2D eigenvalue weighted by Crippen LogP contribution is -2.06. The van der Waals surface area contributed by atoms with Crippen molar-refractivity contribution in [2.75, 3.05) is 12.4 Å². The highest BCUT2D eigenvalue weighted by Gasteiger charge is 2.14. The van der Waals surface area contributed by atoms with Gasteiger partial charge in [0.25, 0.3) is 0 Å². The van der Waals surface area contributed by atoms with Crippen LogP contribution in [0, 0.1) is 0 Å². The first-order chi connectivity index (χ1) is 8.31. The number of methoxy groups -OCH3 is 1. The quantitative estimate of drug-likeness (QED) is 0.845. The number of carbonyl (C=O) groups excluding carboxylic acids is 1. The van der Waals surface area contributed by atoms with Crippen molar-refractivity contribution in [1.29, 1.82) is 0 Å². The van der Waals surface area contributed by atoms with Crippen molar-refractivity contribution in [3.63, 3.8) is 0 Å². The van der Waals surface area contributed by atoms with E-state index in [2.05, 4.69) is 15.0 Å². The van der Waals surface area contributed by atoms with E-state index in [4.69, 9.17) is 0 Å². The van der Waals surface area contributed by atoms with Gasteiger partial charge in [-0.05, 0) is 5.56 Å². The van der Waals surface area contributed by atoms with Crippen molar-refractivity contribution in [3.8, 4) is 0 Å². The number of benzene rings is 1. The van der Waals surface area contributed by atoms with Crippen molar-refractivity contribution in [1.82, 2.24) is 4.98 Å². The number of carbonyl (C=O) groups is 1. The highest BCUT2D eigenvalue weighted by atomic mass is 32.1. The molecule has 0 atom stereocenters. The van der Waals surface area contributed by atoms with Crippen LogP contribution in [0.2, 0.25) is 0 Å². The largest absolute Gasteiger partial charge is 0.464 e. The van der Waals surface area contributed by atoms with E-state index in [1.54, 1.807) is 5.51 Å². The van der Waals surface area contributed by atoms with Gasteiger partial charge < -0.3 is 10.1 Å². The van der Waals surface area contributed by atoms with Gasteiger partial charge >= 0.3 is 5.97 Å². The Morgan fingerprint density at radius 2 is 2.18 bits per heavy atom. The molecule has 0 saturated carbocycles. The maximum atomic E-state index is 11.4. The number of esters is 1. The zero-order valence-electron chi connectivity index (χ0n) is 9.34. The zero-order chi connectivity index (χ0) is 12.1. The summed E-state index contributed by atoms with van der Waals surface area (Å²) in [6.07, 6.45) is 0. The molecule has 0 aliphatic rings. The van der Waals surface area contributed by atoms with Crippen molar-refractivity contribution in [2.45, 2.75) is 6.54 Å². The van der Waals surface area contributed by atoms with E-state index in [0.717, 1.165) is 10.6 Å². The van der Waals surface area contributed by atoms with E-state index in [9.17, 15) is 4.79 Å². The van der Waals surface area contributed by atoms with Gasteiger partial charge in [-0.3, -0.25) is 0 Å². The third kappa shape index (κ3) is 2.82. The van der Waals surface area contributed by atoms with Gasteiger partial charge in [0.05, 0.1) is 12.6 Å². The Labute approximate surface area is 103 Å². The van der Waals surface area contributed by atoms with Crippen LogP contribution < -0.4 is 5.32 Å². The van der Waals surface area contributed by atoms with Crippen LogP contribution in [0.25, 0.3) is 0 Å². The summed E-state index contributed by atoms with van der Waals surface area (Å²) in [5, 5.41) is 3.92. The summed E-state index contributed by atoms with van der Waals surface area (Å²) in [5.41, 5.74) is 3.12. The Hall–Kier alpha value is -1.88. The minimum atomic E-state index is -0.415. The monoisotopic (exact) mass is 248 g/mol. The Morgan fingerprint density at radius 3 is 2.88 bits per heavy atom. The maximum Gasteiger partial charge on any atom is 0.359 e. The fourth-order valence-corrected chi connectivity index (χ4v) is 2.06. The predicted molar refractivity (Wildman–Crippen MR) is 67.2 cm³/mol. The summed E-state index contributed by atoms with van der Waals surface area (Å²) < 4.78 is 4.65. The van der Waals surface area contributed by atoms with Gasteiger partial charge in [-0.1, -0.05) is 30.3 Å². The van der Waals surface area contributed by atoms with Crippen LogP contribution in [-0.2, 0) is 11.3 Å². The van der Waals surface area contributed by atoms with Crippen molar-refractivity contribution in [3.05, 3.63) is 47.1 Å². The molecule has 2 rings (SSSR count). The van der Waals surface area contributed by atoms with Crippen molar-refractivity contribution in [2.24, 2.45) is 0 Å². The lowest BCUT2D eigenvalue weighted by molar-refractivity contribution is 0.0596. The molecule has 4 nitrogen and oxygen atoms in total. The standard InChI is InChI=1S/C12H12N2O2S/c1-16-12(15)10-11(17-8-14-10)13-7-9-5-3-2-4-6-9/h2-6,8,13H,7H2,1H3. The molecule has 88 valence electrons. The summed E-state index contributed by atoms with van der Waals surface area (Å²) in [7, 11) is 1.35. The van der Waals surface area contributed by atoms with E-state index in [-0.39, 0.29) is 0 Å². The summed E-state index contributed by atoms with van der Waals surface area (Å²) in [4.78, 5) is 15.4. The fraction of sp³-hybridized carbons (Fsp3) is 0.167. The van der Waals surface area contributed by atoms with Crippen LogP contribution in [0.3, 0.4) is 0 Å². The third-order valence-corrected chi connectivity index (χ3v) is 3.03. The summed E-state index contributed by atoms with van der Waals surface area (Å²) in [6, 6.07) is 9.96. The van der Waals surface area contributed by atoms with E-state index >= 15 is 0 Å². The van der Waals surface area contributed by atoms with Gasteiger partial charge in [-0.15, -0.1) is 11.3 Å². The van der Waals surface area contributed by atoms with Gasteiger partial charge in [0.15, 0.2) is 5.69 Å². The van der Waals surface area contributed by atoms with Crippen LogP contribution in [0.5, 0.6) is 0 Å². The highest BCUT2D eigenvalue weighted by molar-refractivity contribution is 7.14. The molecule has 0 fully saturated rings. The van der Waals surface area contributed by atoms with E-state index < -0.39 is 5.97 Å². The molecule has 0 amide bonds. The molecule has 0 bridgehead atoms. The second-order valence-corrected chi connectivity index (χ2v) is 4.22. The topological polar surface area (TPSA) is 51.2 Å². The number of hydrogen-bond donors (Lipinski definition) is 1. The average Bonchev–Trinajstić information content (AvgIpc) is 2.85. The molecular weight excluding hydrogens is 236 g/mol. The molecule has 0 saturated heterocycles. The lowest BCUT2D eigenvalue weighted by Gasteiger charge is -2.05. The zero-order valence-corrected chi connectivity index (χ0v) is 10.2. The number of rotatable bonds is 4. The number of aromatic nitrogens is 1. The van der Waals surface area contributed by atoms with Gasteiger partial charge in [0.1, 0.15) is 5.00 Å². The molecule has 5 heteroatoms. The molecule has 0 radical (unpaired) electrons. The number of nitrogens with zero attached hydrogens (tertiary/aromatic N) is 1. The van der Waals surface area contributed by atoms with E-state index in [0.29, 0.717) is 12.2 Å². The second-order valence-electron chi connectivity index (χ2n) is 3.36. The first-order valence-electron chi connectivity index (χ1n) is 5.11. The minimum Gasteiger partial charge on any atom is -0.464 e. The minimum absolute atomic E-state index is 0.341. The number of hydrogen-bond acceptors (Lipinski definition) is 5. The fourth-order valence-electron chi connectivity index (χ4n) is 1.39. The van der Waals surface area contributed by atoms with Crippen molar-refractivity contribution < 1.29 is 9.53 Å². The first-order valence-corrected chi connectivity index (χ1v) is 5.99. The van der Waals surface area contributed by atoms with Gasteiger partial charge in [-0.2, -0.15) is 0 Å². The number of nitrogens with one attached hydrogen (secondary N) is 1. The molecule has 0 spiro atoms. The second kappa shape index (κ2) is 5.45. The summed E-state index contributed by atoms with van der Waals surface area (Å²) in [5.74, 6) is -0.415. The van der Waals surface area contributed by atoms with Gasteiger partial charge in [0.2, 0.25) is 0 Å². The van der Waals surface area contributed by atoms with Gasteiger partial charge in [0, 0.05) is 6.54 Å². The Bertz CT molecular complexity index is 496. The van der Waals surface area contributed by atoms with Crippen LogP contribution in [0.1, 0.15) is 16.1 Å². The molecule has 2 aromatic rings. The molecular formula is C12H12N2O2S. The van der Waals surface area contributed by atoms with Crippen LogP contribution in [-0.4, -0.2) is 18.1 Å². The SMILES string of the molecule is COC(=O)c1ncsc1NCc1ccccc1. The summed E-state index contributed by atoms with van der Waals surface area (Å²) in [6.45, 7) is 0.660. The van der Waals surface area contributed by atoms with Crippen LogP contribution >= 0.6 is 11.3 Å². The Morgan fingerprint density at radius 1 is 1.41 bits per heavy atom. The lowest BCUT2D eigenvalue weighted by atomic mass is 10.2. The normalized spacial score (nSPS) is 9.94. The Balaban J connectivity index is 2.05. The molecule has 0 aliphatic heterocycles. The predicted octanol–water partition coefficient (Wildman–Crippen LogP) is 2.54. The average molecular weight is 248 g/mol. The molecule has 0 unspecified atom stereocenters. The van der Waals surface area contributed by atoms with Crippen molar-refractivity contribution >= 4 is 22.3 Å². The summed E-state index contributed by atoms with van der Waals surface area (Å²) >= 11 is 1.39. The number of ether oxygens (including phenoxy) is 1.